The molecule has 0 radical (unpaired) electrons. The zero-order valence-corrected chi connectivity index (χ0v) is 7.59. The molecule has 0 aliphatic carbocycles. The lowest BCUT2D eigenvalue weighted by Gasteiger charge is -1.92. The predicted octanol–water partition coefficient (Wildman–Crippen LogP) is 0.788. The highest BCUT2D eigenvalue weighted by atomic mass is 15.0. The number of pyridine rings is 2. The van der Waals surface area contributed by atoms with E-state index < -0.39 is 0 Å². The van der Waals surface area contributed by atoms with E-state index in [-0.39, 0.29) is 0 Å². The van der Waals surface area contributed by atoms with E-state index in [1.165, 1.54) is 5.69 Å². The minimum absolute atomic E-state index is 1.18. The minimum Gasteiger partial charge on any atom is -0.207 e. The maximum absolute atomic E-state index is 2.08. The van der Waals surface area contributed by atoms with Crippen molar-refractivity contribution in [2.75, 3.05) is 0 Å². The molecule has 2 rings (SSSR count). The molecule has 2 aromatic heterocycles. The molecule has 0 saturated carbocycles. The van der Waals surface area contributed by atoms with Crippen LogP contribution in [-0.2, 0) is 7.05 Å². The van der Waals surface area contributed by atoms with Gasteiger partial charge in [0.2, 0.25) is 5.69 Å². The predicted molar refractivity (Wildman–Crippen MR) is 49.2 cm³/mol. The first-order valence-corrected chi connectivity index (χ1v) is 4.28. The molecule has 0 atom stereocenters. The van der Waals surface area contributed by atoms with Crippen LogP contribution in [0.15, 0.2) is 55.1 Å². The van der Waals surface area contributed by atoms with Crippen LogP contribution in [0, 0.1) is 0 Å². The minimum atomic E-state index is 1.18. The van der Waals surface area contributed by atoms with Gasteiger partial charge in [-0.25, -0.2) is 4.57 Å². The highest BCUT2D eigenvalue weighted by Gasteiger charge is 2.04. The Hall–Kier alpha value is -1.70. The maximum atomic E-state index is 2.08. The van der Waals surface area contributed by atoms with E-state index in [9.17, 15) is 0 Å². The first-order chi connectivity index (χ1) is 6.36. The number of rotatable bonds is 1. The molecule has 64 valence electrons. The summed E-state index contributed by atoms with van der Waals surface area (Å²) in [5, 5.41) is 0. The van der Waals surface area contributed by atoms with Gasteiger partial charge < -0.3 is 0 Å². The standard InChI is InChI=1S/C11H12N2/c1-12-9-5-11(6-10-12)13-7-3-2-4-8-13/h2-10H,1H3/q+2. The second-order valence-corrected chi connectivity index (χ2v) is 3.00. The van der Waals surface area contributed by atoms with E-state index in [0.29, 0.717) is 0 Å². The fourth-order valence-electron chi connectivity index (χ4n) is 1.24. The molecular formula is C11H12N2+2. The van der Waals surface area contributed by atoms with Gasteiger partial charge in [-0.1, -0.05) is 6.07 Å². The maximum Gasteiger partial charge on any atom is 0.222 e. The van der Waals surface area contributed by atoms with Crippen molar-refractivity contribution in [3.63, 3.8) is 0 Å². The average Bonchev–Trinajstić information content (AvgIpc) is 2.20. The van der Waals surface area contributed by atoms with E-state index >= 15 is 0 Å². The molecule has 13 heavy (non-hydrogen) atoms. The van der Waals surface area contributed by atoms with Crippen LogP contribution in [-0.4, -0.2) is 0 Å². The topological polar surface area (TPSA) is 7.76 Å². The van der Waals surface area contributed by atoms with E-state index in [0.717, 1.165) is 0 Å². The van der Waals surface area contributed by atoms with Crippen LogP contribution in [0.2, 0.25) is 0 Å². The van der Waals surface area contributed by atoms with Gasteiger partial charge in [0, 0.05) is 12.1 Å². The van der Waals surface area contributed by atoms with Crippen molar-refractivity contribution in [3.8, 4) is 5.69 Å². The smallest absolute Gasteiger partial charge is 0.207 e. The van der Waals surface area contributed by atoms with Crippen molar-refractivity contribution in [1.29, 1.82) is 0 Å². The van der Waals surface area contributed by atoms with E-state index in [1.807, 2.05) is 54.6 Å². The molecule has 2 nitrogen and oxygen atoms in total. The largest absolute Gasteiger partial charge is 0.222 e. The lowest BCUT2D eigenvalue weighted by Crippen LogP contribution is -2.32. The van der Waals surface area contributed by atoms with Gasteiger partial charge in [0.15, 0.2) is 24.8 Å². The van der Waals surface area contributed by atoms with E-state index in [2.05, 4.69) is 16.7 Å². The fraction of sp³-hybridized carbons (Fsp3) is 0.0909. The summed E-state index contributed by atoms with van der Waals surface area (Å²) in [5.41, 5.74) is 1.18. The summed E-state index contributed by atoms with van der Waals surface area (Å²) in [4.78, 5) is 0. The van der Waals surface area contributed by atoms with Gasteiger partial charge >= 0.3 is 0 Å². The Kier molecular flexibility index (Phi) is 2.04. The SMILES string of the molecule is C[n+]1ccc(-[n+]2ccccc2)cc1. The van der Waals surface area contributed by atoms with E-state index in [1.54, 1.807) is 0 Å². The third-order valence-electron chi connectivity index (χ3n) is 1.97. The lowest BCUT2D eigenvalue weighted by atomic mass is 10.4. The highest BCUT2D eigenvalue weighted by molar-refractivity contribution is 5.15. The zero-order chi connectivity index (χ0) is 9.10. The summed E-state index contributed by atoms with van der Waals surface area (Å²) in [5.74, 6) is 0. The number of hydrogen-bond donors (Lipinski definition) is 0. The molecule has 0 bridgehead atoms. The molecule has 0 aliphatic heterocycles. The lowest BCUT2D eigenvalue weighted by molar-refractivity contribution is -0.673. The first kappa shape index (κ1) is 7.92. The molecule has 0 aromatic carbocycles. The first-order valence-electron chi connectivity index (χ1n) is 4.28. The second-order valence-electron chi connectivity index (χ2n) is 3.00. The van der Waals surface area contributed by atoms with Crippen LogP contribution in [0.5, 0.6) is 0 Å². The van der Waals surface area contributed by atoms with Crippen molar-refractivity contribution < 1.29 is 9.13 Å². The Morgan fingerprint density at radius 2 is 1.46 bits per heavy atom. The van der Waals surface area contributed by atoms with Crippen LogP contribution in [0.25, 0.3) is 5.69 Å². The molecule has 0 N–H and O–H groups in total. The summed E-state index contributed by atoms with van der Waals surface area (Å²) in [7, 11) is 2.01. The number of nitrogens with zero attached hydrogens (tertiary/aromatic N) is 2. The Bertz CT molecular complexity index is 379. The monoisotopic (exact) mass is 172 g/mol. The summed E-state index contributed by atoms with van der Waals surface area (Å²) in [6.45, 7) is 0. The zero-order valence-electron chi connectivity index (χ0n) is 7.59. The molecule has 2 heteroatoms. The molecule has 0 fully saturated rings. The third kappa shape index (κ3) is 1.72. The molecule has 2 heterocycles. The molecular weight excluding hydrogens is 160 g/mol. The van der Waals surface area contributed by atoms with Gasteiger partial charge in [0.1, 0.15) is 7.05 Å². The van der Waals surface area contributed by atoms with Crippen molar-refractivity contribution >= 4 is 0 Å². The summed E-state index contributed by atoms with van der Waals surface area (Å²) in [6, 6.07) is 10.2. The van der Waals surface area contributed by atoms with Crippen LogP contribution < -0.4 is 9.13 Å². The van der Waals surface area contributed by atoms with Crippen molar-refractivity contribution in [1.82, 2.24) is 0 Å². The summed E-state index contributed by atoms with van der Waals surface area (Å²) >= 11 is 0. The Balaban J connectivity index is 2.42. The molecule has 0 aliphatic rings. The second kappa shape index (κ2) is 3.35. The Morgan fingerprint density at radius 1 is 0.846 bits per heavy atom. The third-order valence-corrected chi connectivity index (χ3v) is 1.97. The quantitative estimate of drug-likeness (QED) is 0.562. The number of aromatic nitrogens is 2. The molecule has 0 unspecified atom stereocenters. The van der Waals surface area contributed by atoms with Crippen LogP contribution in [0.4, 0.5) is 0 Å². The van der Waals surface area contributed by atoms with Gasteiger partial charge in [0.25, 0.3) is 0 Å². The van der Waals surface area contributed by atoms with Crippen LogP contribution >= 0.6 is 0 Å². The Labute approximate surface area is 77.7 Å². The van der Waals surface area contributed by atoms with Crippen LogP contribution in [0.3, 0.4) is 0 Å². The number of aryl methyl sites for hydroxylation is 1. The van der Waals surface area contributed by atoms with Crippen molar-refractivity contribution in [2.24, 2.45) is 7.05 Å². The molecule has 0 amide bonds. The van der Waals surface area contributed by atoms with Gasteiger partial charge in [-0.05, 0) is 0 Å². The summed E-state index contributed by atoms with van der Waals surface area (Å²) in [6.07, 6.45) is 8.15. The highest BCUT2D eigenvalue weighted by Crippen LogP contribution is 1.92. The van der Waals surface area contributed by atoms with Gasteiger partial charge in [-0.15, -0.1) is 0 Å². The Morgan fingerprint density at radius 3 is 2.08 bits per heavy atom. The summed E-state index contributed by atoms with van der Waals surface area (Å²) < 4.78 is 4.10. The normalized spacial score (nSPS) is 9.92. The van der Waals surface area contributed by atoms with E-state index in [4.69, 9.17) is 0 Å². The van der Waals surface area contributed by atoms with Gasteiger partial charge in [-0.3, -0.25) is 0 Å². The van der Waals surface area contributed by atoms with Gasteiger partial charge in [0.05, 0.1) is 12.1 Å². The number of hydrogen-bond acceptors (Lipinski definition) is 0. The van der Waals surface area contributed by atoms with Crippen molar-refractivity contribution in [3.05, 3.63) is 55.1 Å². The van der Waals surface area contributed by atoms with Crippen molar-refractivity contribution in [2.45, 2.75) is 0 Å². The van der Waals surface area contributed by atoms with Crippen LogP contribution in [0.1, 0.15) is 0 Å². The molecule has 2 aromatic rings. The molecule has 0 saturated heterocycles. The average molecular weight is 172 g/mol. The molecule has 0 spiro atoms. The fourth-order valence-corrected chi connectivity index (χ4v) is 1.24. The van der Waals surface area contributed by atoms with Gasteiger partial charge in [-0.2, -0.15) is 4.57 Å².